The highest BCUT2D eigenvalue weighted by atomic mass is 16.4. The number of nitrogens with zero attached hydrogens (tertiary/aromatic N) is 3. The SMILES string of the molecule is Cc1ccc2c(c1)CCCN2C(=O)CCn1nccc1C(=O)O. The van der Waals surface area contributed by atoms with Gasteiger partial charge in [0.25, 0.3) is 0 Å². The minimum absolute atomic E-state index is 0.00152. The van der Waals surface area contributed by atoms with Crippen molar-refractivity contribution >= 4 is 17.6 Å². The van der Waals surface area contributed by atoms with Gasteiger partial charge < -0.3 is 10.0 Å². The van der Waals surface area contributed by atoms with Crippen LogP contribution in [0.15, 0.2) is 30.5 Å². The second kappa shape index (κ2) is 6.24. The van der Waals surface area contributed by atoms with Gasteiger partial charge >= 0.3 is 5.97 Å². The fourth-order valence-electron chi connectivity index (χ4n) is 3.01. The number of aromatic nitrogens is 2. The van der Waals surface area contributed by atoms with Crippen LogP contribution < -0.4 is 4.90 Å². The number of fused-ring (bicyclic) bond motifs is 1. The number of aryl methyl sites for hydroxylation is 3. The summed E-state index contributed by atoms with van der Waals surface area (Å²) < 4.78 is 1.36. The molecule has 0 spiro atoms. The van der Waals surface area contributed by atoms with E-state index in [-0.39, 0.29) is 24.6 Å². The average molecular weight is 313 g/mol. The first-order valence-corrected chi connectivity index (χ1v) is 7.71. The Morgan fingerprint density at radius 2 is 2.13 bits per heavy atom. The number of carbonyl (C=O) groups excluding carboxylic acids is 1. The molecule has 0 unspecified atom stereocenters. The molecule has 0 bridgehead atoms. The first-order valence-electron chi connectivity index (χ1n) is 7.71. The molecule has 0 saturated heterocycles. The van der Waals surface area contributed by atoms with Gasteiger partial charge in [-0.15, -0.1) is 0 Å². The number of carboxylic acid groups (broad SMARTS) is 1. The van der Waals surface area contributed by atoms with Crippen LogP contribution in [0.1, 0.15) is 34.5 Å². The molecule has 0 fully saturated rings. The van der Waals surface area contributed by atoms with Crippen LogP contribution in [0.3, 0.4) is 0 Å². The fourth-order valence-corrected chi connectivity index (χ4v) is 3.01. The van der Waals surface area contributed by atoms with Crippen molar-refractivity contribution < 1.29 is 14.7 Å². The lowest BCUT2D eigenvalue weighted by molar-refractivity contribution is -0.119. The number of aromatic carboxylic acids is 1. The van der Waals surface area contributed by atoms with Gasteiger partial charge in [0.15, 0.2) is 0 Å². The number of rotatable bonds is 4. The standard InChI is InChI=1S/C17H19N3O3/c1-12-4-5-14-13(11-12)3-2-9-19(14)16(21)7-10-20-15(17(22)23)6-8-18-20/h4-6,8,11H,2-3,7,9-10H2,1H3,(H,22,23). The third kappa shape index (κ3) is 3.11. The van der Waals surface area contributed by atoms with Crippen LogP contribution in [-0.2, 0) is 17.8 Å². The Morgan fingerprint density at radius 1 is 1.30 bits per heavy atom. The van der Waals surface area contributed by atoms with Crippen molar-refractivity contribution in [1.29, 1.82) is 0 Å². The molecule has 1 N–H and O–H groups in total. The molecule has 0 saturated carbocycles. The topological polar surface area (TPSA) is 75.4 Å². The van der Waals surface area contributed by atoms with Gasteiger partial charge in [-0.25, -0.2) is 4.79 Å². The summed E-state index contributed by atoms with van der Waals surface area (Å²) in [6.07, 6.45) is 3.61. The third-order valence-corrected chi connectivity index (χ3v) is 4.13. The summed E-state index contributed by atoms with van der Waals surface area (Å²) in [5.41, 5.74) is 3.48. The van der Waals surface area contributed by atoms with E-state index in [9.17, 15) is 9.59 Å². The molecule has 0 aliphatic carbocycles. The summed E-state index contributed by atoms with van der Waals surface area (Å²) >= 11 is 0. The minimum Gasteiger partial charge on any atom is -0.477 e. The van der Waals surface area contributed by atoms with Gasteiger partial charge in [0.05, 0.1) is 6.54 Å². The lowest BCUT2D eigenvalue weighted by Crippen LogP contribution is -2.36. The van der Waals surface area contributed by atoms with Gasteiger partial charge in [0.2, 0.25) is 5.91 Å². The van der Waals surface area contributed by atoms with E-state index in [1.54, 1.807) is 0 Å². The van der Waals surface area contributed by atoms with Crippen molar-refractivity contribution in [1.82, 2.24) is 9.78 Å². The number of hydrogen-bond donors (Lipinski definition) is 1. The molecule has 2 aromatic rings. The number of amides is 1. The van der Waals surface area contributed by atoms with Crippen LogP contribution in [0, 0.1) is 6.92 Å². The van der Waals surface area contributed by atoms with Crippen molar-refractivity contribution in [2.75, 3.05) is 11.4 Å². The summed E-state index contributed by atoms with van der Waals surface area (Å²) in [5.74, 6) is -1.03. The lowest BCUT2D eigenvalue weighted by Gasteiger charge is -2.30. The second-order valence-corrected chi connectivity index (χ2v) is 5.78. The van der Waals surface area contributed by atoms with E-state index >= 15 is 0 Å². The van der Waals surface area contributed by atoms with E-state index < -0.39 is 5.97 Å². The molecule has 0 atom stereocenters. The zero-order valence-electron chi connectivity index (χ0n) is 13.0. The minimum atomic E-state index is -1.03. The molecule has 1 amide bonds. The van der Waals surface area contributed by atoms with Gasteiger partial charge in [0.1, 0.15) is 5.69 Å². The van der Waals surface area contributed by atoms with E-state index in [1.165, 1.54) is 28.1 Å². The van der Waals surface area contributed by atoms with Crippen molar-refractivity contribution in [3.63, 3.8) is 0 Å². The van der Waals surface area contributed by atoms with E-state index in [1.807, 2.05) is 24.0 Å². The molecule has 120 valence electrons. The highest BCUT2D eigenvalue weighted by Gasteiger charge is 2.22. The van der Waals surface area contributed by atoms with E-state index in [2.05, 4.69) is 11.2 Å². The van der Waals surface area contributed by atoms with E-state index in [0.29, 0.717) is 6.54 Å². The van der Waals surface area contributed by atoms with Gasteiger partial charge in [-0.1, -0.05) is 17.7 Å². The normalized spacial score (nSPS) is 13.7. The first-order chi connectivity index (χ1) is 11.1. The highest BCUT2D eigenvalue weighted by molar-refractivity contribution is 5.94. The van der Waals surface area contributed by atoms with Crippen molar-refractivity contribution in [3.05, 3.63) is 47.3 Å². The van der Waals surface area contributed by atoms with Crippen molar-refractivity contribution in [2.24, 2.45) is 0 Å². The number of benzene rings is 1. The van der Waals surface area contributed by atoms with Gasteiger partial charge in [0, 0.05) is 24.8 Å². The highest BCUT2D eigenvalue weighted by Crippen LogP contribution is 2.28. The second-order valence-electron chi connectivity index (χ2n) is 5.78. The Labute approximate surface area is 134 Å². The van der Waals surface area contributed by atoms with Crippen LogP contribution >= 0.6 is 0 Å². The van der Waals surface area contributed by atoms with E-state index in [0.717, 1.165) is 18.5 Å². The Hall–Kier alpha value is -2.63. The maximum absolute atomic E-state index is 12.6. The van der Waals surface area contributed by atoms with Crippen LogP contribution in [0.5, 0.6) is 0 Å². The molecule has 2 heterocycles. The summed E-state index contributed by atoms with van der Waals surface area (Å²) in [6.45, 7) is 3.02. The number of anilines is 1. The Balaban J connectivity index is 1.72. The zero-order valence-corrected chi connectivity index (χ0v) is 13.0. The maximum atomic E-state index is 12.6. The van der Waals surface area contributed by atoms with Gasteiger partial charge in [-0.3, -0.25) is 9.48 Å². The molecule has 0 radical (unpaired) electrons. The van der Waals surface area contributed by atoms with Crippen molar-refractivity contribution in [3.8, 4) is 0 Å². The molecular formula is C17H19N3O3. The smallest absolute Gasteiger partial charge is 0.354 e. The summed E-state index contributed by atoms with van der Waals surface area (Å²) in [4.78, 5) is 25.4. The molecule has 23 heavy (non-hydrogen) atoms. The van der Waals surface area contributed by atoms with Gasteiger partial charge in [-0.05, 0) is 37.5 Å². The van der Waals surface area contributed by atoms with Gasteiger partial charge in [-0.2, -0.15) is 5.10 Å². The van der Waals surface area contributed by atoms with Crippen LogP contribution in [0.2, 0.25) is 0 Å². The number of carbonyl (C=O) groups is 2. The van der Waals surface area contributed by atoms with Crippen LogP contribution in [-0.4, -0.2) is 33.3 Å². The van der Waals surface area contributed by atoms with E-state index in [4.69, 9.17) is 5.11 Å². The first kappa shape index (κ1) is 15.3. The fraction of sp³-hybridized carbons (Fsp3) is 0.353. The maximum Gasteiger partial charge on any atom is 0.354 e. The molecule has 1 aliphatic rings. The summed E-state index contributed by atoms with van der Waals surface area (Å²) in [6, 6.07) is 7.58. The quantitative estimate of drug-likeness (QED) is 0.939. The molecule has 1 aromatic carbocycles. The largest absolute Gasteiger partial charge is 0.477 e. The molecule has 1 aromatic heterocycles. The monoisotopic (exact) mass is 313 g/mol. The summed E-state index contributed by atoms with van der Waals surface area (Å²) in [5, 5.41) is 13.0. The third-order valence-electron chi connectivity index (χ3n) is 4.13. The molecule has 1 aliphatic heterocycles. The Bertz CT molecular complexity index is 751. The molecule has 6 heteroatoms. The number of hydrogen-bond acceptors (Lipinski definition) is 3. The molecular weight excluding hydrogens is 294 g/mol. The summed E-state index contributed by atoms with van der Waals surface area (Å²) in [7, 11) is 0. The predicted octanol–water partition coefficient (Wildman–Crippen LogP) is 2.26. The van der Waals surface area contributed by atoms with Crippen LogP contribution in [0.25, 0.3) is 0 Å². The van der Waals surface area contributed by atoms with Crippen LogP contribution in [0.4, 0.5) is 5.69 Å². The Kier molecular flexibility index (Phi) is 4.14. The molecule has 3 rings (SSSR count). The predicted molar refractivity (Wildman–Crippen MR) is 85.7 cm³/mol. The lowest BCUT2D eigenvalue weighted by atomic mass is 9.99. The average Bonchev–Trinajstić information content (AvgIpc) is 3.00. The Morgan fingerprint density at radius 3 is 2.91 bits per heavy atom. The number of carboxylic acids is 1. The molecule has 6 nitrogen and oxygen atoms in total. The zero-order chi connectivity index (χ0) is 16.4. The van der Waals surface area contributed by atoms with Crippen molar-refractivity contribution in [2.45, 2.75) is 32.7 Å².